The van der Waals surface area contributed by atoms with Gasteiger partial charge in [-0.05, 0) is 61.0 Å². The number of aromatic nitrogens is 1. The molecule has 2 heterocycles. The van der Waals surface area contributed by atoms with Crippen LogP contribution >= 0.6 is 0 Å². The highest BCUT2D eigenvalue weighted by atomic mass is 16.5. The molecule has 1 aliphatic heterocycles. The Morgan fingerprint density at radius 3 is 2.46 bits per heavy atom. The summed E-state index contributed by atoms with van der Waals surface area (Å²) in [5.41, 5.74) is 3.04. The number of pyridine rings is 1. The van der Waals surface area contributed by atoms with Gasteiger partial charge in [0.05, 0.1) is 11.6 Å². The molecule has 1 aromatic heterocycles. The molecule has 1 N–H and O–H groups in total. The summed E-state index contributed by atoms with van der Waals surface area (Å²) in [6.45, 7) is 9.07. The summed E-state index contributed by atoms with van der Waals surface area (Å²) >= 11 is 0. The van der Waals surface area contributed by atoms with Crippen LogP contribution in [0.1, 0.15) is 42.1 Å². The van der Waals surface area contributed by atoms with Crippen molar-refractivity contribution in [2.45, 2.75) is 33.4 Å². The number of Topliss-reactive ketones (excluding diaryl/α,β-unsaturated/α-hetero) is 1. The van der Waals surface area contributed by atoms with Crippen molar-refractivity contribution in [1.82, 2.24) is 14.8 Å². The number of ether oxygens (including phenoxy) is 1. The predicted octanol–water partition coefficient (Wildman–Crippen LogP) is 4.73. The third-order valence-corrected chi connectivity index (χ3v) is 6.79. The highest BCUT2D eigenvalue weighted by Crippen LogP contribution is 2.39. The van der Waals surface area contributed by atoms with Crippen molar-refractivity contribution < 1.29 is 19.4 Å². The van der Waals surface area contributed by atoms with Crippen LogP contribution in [0.25, 0.3) is 5.76 Å². The number of aryl methyl sites for hydroxylation is 1. The van der Waals surface area contributed by atoms with Gasteiger partial charge in [0, 0.05) is 31.0 Å². The van der Waals surface area contributed by atoms with Crippen molar-refractivity contribution in [1.29, 1.82) is 0 Å². The molecule has 2 aromatic carbocycles. The van der Waals surface area contributed by atoms with Gasteiger partial charge in [0.15, 0.2) is 0 Å². The van der Waals surface area contributed by atoms with E-state index in [-0.39, 0.29) is 11.3 Å². The van der Waals surface area contributed by atoms with E-state index >= 15 is 0 Å². The maximum Gasteiger partial charge on any atom is 0.295 e. The summed E-state index contributed by atoms with van der Waals surface area (Å²) in [7, 11) is 0. The van der Waals surface area contributed by atoms with E-state index in [1.807, 2.05) is 49.4 Å². The number of likely N-dealkylation sites (N-methyl/N-ethyl adjacent to an activating group) is 1. The van der Waals surface area contributed by atoms with E-state index in [0.29, 0.717) is 36.6 Å². The van der Waals surface area contributed by atoms with E-state index in [9.17, 15) is 14.7 Å². The van der Waals surface area contributed by atoms with E-state index in [4.69, 9.17) is 4.74 Å². The molecule has 3 aromatic rings. The number of rotatable bonds is 10. The number of nitrogens with zero attached hydrogens (tertiary/aromatic N) is 3. The Morgan fingerprint density at radius 2 is 1.81 bits per heavy atom. The number of aliphatic hydroxyl groups is 1. The molecule has 0 bridgehead atoms. The number of hydrogen-bond donors (Lipinski definition) is 1. The van der Waals surface area contributed by atoms with Crippen molar-refractivity contribution in [3.8, 4) is 5.75 Å². The zero-order valence-corrected chi connectivity index (χ0v) is 21.6. The minimum absolute atomic E-state index is 0.0820. The van der Waals surface area contributed by atoms with Crippen LogP contribution in [0.3, 0.4) is 0 Å². The van der Waals surface area contributed by atoms with Crippen LogP contribution in [0.5, 0.6) is 5.75 Å². The first kappa shape index (κ1) is 26.1. The van der Waals surface area contributed by atoms with Crippen molar-refractivity contribution in [3.05, 3.63) is 101 Å². The molecule has 1 atom stereocenters. The number of ketones is 1. The molecule has 0 radical (unpaired) electrons. The zero-order valence-electron chi connectivity index (χ0n) is 21.6. The molecule has 1 fully saturated rings. The molecule has 0 unspecified atom stereocenters. The molecule has 4 rings (SSSR count). The fourth-order valence-corrected chi connectivity index (χ4v) is 4.66. The lowest BCUT2D eigenvalue weighted by Crippen LogP contribution is -2.38. The molecule has 0 aliphatic carbocycles. The Bertz CT molecular complexity index is 1270. The summed E-state index contributed by atoms with van der Waals surface area (Å²) in [5.74, 6) is -0.830. The maximum absolute atomic E-state index is 13.3. The second kappa shape index (κ2) is 11.8. The summed E-state index contributed by atoms with van der Waals surface area (Å²) in [6, 6.07) is 18.1. The maximum atomic E-state index is 13.3. The van der Waals surface area contributed by atoms with Gasteiger partial charge in [-0.1, -0.05) is 50.2 Å². The smallest absolute Gasteiger partial charge is 0.295 e. The summed E-state index contributed by atoms with van der Waals surface area (Å²) in [6.07, 6.45) is 3.28. The third-order valence-electron chi connectivity index (χ3n) is 6.79. The van der Waals surface area contributed by atoms with Crippen molar-refractivity contribution in [2.24, 2.45) is 0 Å². The topological polar surface area (TPSA) is 83.0 Å². The second-order valence-electron chi connectivity index (χ2n) is 9.06. The Hall–Kier alpha value is -3.97. The first-order valence-electron chi connectivity index (χ1n) is 12.6. The van der Waals surface area contributed by atoms with Crippen LogP contribution < -0.4 is 4.74 Å². The fraction of sp³-hybridized carbons (Fsp3) is 0.300. The minimum atomic E-state index is -0.710. The lowest BCUT2D eigenvalue weighted by atomic mass is 9.94. The number of amides is 1. The van der Waals surface area contributed by atoms with Gasteiger partial charge in [0.1, 0.15) is 18.1 Å². The monoisotopic (exact) mass is 499 g/mol. The first-order chi connectivity index (χ1) is 17.9. The molecule has 1 saturated heterocycles. The van der Waals surface area contributed by atoms with Crippen LogP contribution in [0.2, 0.25) is 0 Å². The standard InChI is InChI=1S/C30H33N3O4/c1-4-32(5-2)16-17-33-27(23-12-9-15-31-19-23)26(29(35)30(33)36)28(34)25-14-13-24(18-21(25)3)37-20-22-10-7-6-8-11-22/h6-15,18-19,27,34H,4-5,16-17,20H2,1-3H3/t27-/m1/s1. The fourth-order valence-electron chi connectivity index (χ4n) is 4.66. The van der Waals surface area contributed by atoms with Crippen LogP contribution in [-0.4, -0.2) is 57.8 Å². The van der Waals surface area contributed by atoms with E-state index < -0.39 is 17.7 Å². The average molecular weight is 500 g/mol. The molecule has 1 amide bonds. The number of carbonyl (C=O) groups excluding carboxylic acids is 2. The molecule has 0 saturated carbocycles. The summed E-state index contributed by atoms with van der Waals surface area (Å²) in [4.78, 5) is 34.4. The molecule has 7 nitrogen and oxygen atoms in total. The third kappa shape index (κ3) is 5.73. The number of hydrogen-bond acceptors (Lipinski definition) is 6. The van der Waals surface area contributed by atoms with Crippen molar-refractivity contribution >= 4 is 17.4 Å². The van der Waals surface area contributed by atoms with Gasteiger partial charge < -0.3 is 19.6 Å². The number of likely N-dealkylation sites (tertiary alicyclic amines) is 1. The van der Waals surface area contributed by atoms with Gasteiger partial charge >= 0.3 is 0 Å². The Labute approximate surface area is 218 Å². The van der Waals surface area contributed by atoms with Gasteiger partial charge in [0.25, 0.3) is 11.7 Å². The molecule has 37 heavy (non-hydrogen) atoms. The van der Waals surface area contributed by atoms with Crippen molar-refractivity contribution in [2.75, 3.05) is 26.2 Å². The number of carbonyl (C=O) groups is 2. The van der Waals surface area contributed by atoms with Crippen LogP contribution in [-0.2, 0) is 16.2 Å². The molecule has 0 spiro atoms. The Morgan fingerprint density at radius 1 is 1.05 bits per heavy atom. The van der Waals surface area contributed by atoms with Gasteiger partial charge in [-0.15, -0.1) is 0 Å². The summed E-state index contributed by atoms with van der Waals surface area (Å²) < 4.78 is 5.91. The molecule has 7 heteroatoms. The second-order valence-corrected chi connectivity index (χ2v) is 9.06. The van der Waals surface area contributed by atoms with Crippen LogP contribution in [0.4, 0.5) is 0 Å². The van der Waals surface area contributed by atoms with E-state index in [2.05, 4.69) is 23.7 Å². The Kier molecular flexibility index (Phi) is 8.36. The van der Waals surface area contributed by atoms with Crippen LogP contribution in [0.15, 0.2) is 78.6 Å². The van der Waals surface area contributed by atoms with Crippen LogP contribution in [0, 0.1) is 6.92 Å². The lowest BCUT2D eigenvalue weighted by Gasteiger charge is -2.28. The van der Waals surface area contributed by atoms with E-state index in [0.717, 1.165) is 24.2 Å². The number of aliphatic hydroxyl groups excluding tert-OH is 1. The highest BCUT2D eigenvalue weighted by molar-refractivity contribution is 6.46. The lowest BCUT2D eigenvalue weighted by molar-refractivity contribution is -0.140. The van der Waals surface area contributed by atoms with Crippen molar-refractivity contribution in [3.63, 3.8) is 0 Å². The predicted molar refractivity (Wildman–Crippen MR) is 143 cm³/mol. The van der Waals surface area contributed by atoms with Gasteiger partial charge in [0.2, 0.25) is 0 Å². The van der Waals surface area contributed by atoms with E-state index in [1.165, 1.54) is 0 Å². The van der Waals surface area contributed by atoms with E-state index in [1.54, 1.807) is 35.5 Å². The number of benzene rings is 2. The first-order valence-corrected chi connectivity index (χ1v) is 12.6. The normalized spacial score (nSPS) is 17.0. The zero-order chi connectivity index (χ0) is 26.4. The SMILES string of the molecule is CCN(CC)CCN1C(=O)C(=O)C(=C(O)c2ccc(OCc3ccccc3)cc2C)[C@H]1c1cccnc1. The molecular formula is C30H33N3O4. The van der Waals surface area contributed by atoms with Gasteiger partial charge in [-0.2, -0.15) is 0 Å². The molecule has 1 aliphatic rings. The molecular weight excluding hydrogens is 466 g/mol. The quantitative estimate of drug-likeness (QED) is 0.247. The molecule has 192 valence electrons. The van der Waals surface area contributed by atoms with Gasteiger partial charge in [-0.3, -0.25) is 14.6 Å². The van der Waals surface area contributed by atoms with Gasteiger partial charge in [-0.25, -0.2) is 0 Å². The largest absolute Gasteiger partial charge is 0.507 e. The minimum Gasteiger partial charge on any atom is -0.507 e. The average Bonchev–Trinajstić information content (AvgIpc) is 3.18. The highest BCUT2D eigenvalue weighted by Gasteiger charge is 2.46. The summed E-state index contributed by atoms with van der Waals surface area (Å²) in [5, 5.41) is 11.4. The Balaban J connectivity index is 1.67.